The van der Waals surface area contributed by atoms with Crippen molar-refractivity contribution in [1.29, 1.82) is 0 Å². The van der Waals surface area contributed by atoms with Crippen LogP contribution in [0.5, 0.6) is 11.5 Å². The summed E-state index contributed by atoms with van der Waals surface area (Å²) in [6.45, 7) is 0.164. The second kappa shape index (κ2) is 7.74. The number of ether oxygens (including phenoxy) is 2. The summed E-state index contributed by atoms with van der Waals surface area (Å²) in [6, 6.07) is 14.5. The number of benzene rings is 2. The van der Waals surface area contributed by atoms with E-state index in [1.165, 1.54) is 0 Å². The zero-order chi connectivity index (χ0) is 18.5. The minimum absolute atomic E-state index is 0.152. The average Bonchev–Trinajstić information content (AvgIpc) is 2.66. The van der Waals surface area contributed by atoms with Crippen LogP contribution in [0.1, 0.15) is 11.1 Å². The van der Waals surface area contributed by atoms with Gasteiger partial charge >= 0.3 is 0 Å². The van der Waals surface area contributed by atoms with Crippen molar-refractivity contribution in [3.8, 4) is 11.5 Å². The number of methoxy groups -OCH3 is 2. The summed E-state index contributed by atoms with van der Waals surface area (Å²) < 4.78 is 10.3. The van der Waals surface area contributed by atoms with E-state index in [-0.39, 0.29) is 24.4 Å². The molecular weight excluding hydrogens is 332 g/mol. The quantitative estimate of drug-likeness (QED) is 0.714. The minimum atomic E-state index is -0.215. The Balaban J connectivity index is 1.68. The molecule has 1 amide bonds. The molecule has 0 saturated heterocycles. The number of carbonyl (C=O) groups excluding carboxylic acids is 1. The molecule has 6 nitrogen and oxygen atoms in total. The number of hydrogen-bond donors (Lipinski definition) is 2. The third-order valence-corrected chi connectivity index (χ3v) is 4.13. The molecular formula is C20H20N2O4. The van der Waals surface area contributed by atoms with Gasteiger partial charge in [-0.3, -0.25) is 9.59 Å². The van der Waals surface area contributed by atoms with Crippen molar-refractivity contribution >= 4 is 16.8 Å². The highest BCUT2D eigenvalue weighted by molar-refractivity contribution is 5.81. The number of carbonyl (C=O) groups is 1. The van der Waals surface area contributed by atoms with E-state index >= 15 is 0 Å². The highest BCUT2D eigenvalue weighted by Gasteiger charge is 2.08. The Morgan fingerprint density at radius 2 is 1.69 bits per heavy atom. The van der Waals surface area contributed by atoms with Gasteiger partial charge in [0.05, 0.1) is 20.6 Å². The molecule has 1 aromatic heterocycles. The summed E-state index contributed by atoms with van der Waals surface area (Å²) in [5.74, 6) is 1.30. The van der Waals surface area contributed by atoms with Crippen molar-refractivity contribution in [1.82, 2.24) is 10.3 Å². The van der Waals surface area contributed by atoms with Crippen LogP contribution in [-0.4, -0.2) is 25.1 Å². The molecule has 3 aromatic rings. The lowest BCUT2D eigenvalue weighted by atomic mass is 10.1. The van der Waals surface area contributed by atoms with Crippen LogP contribution in [-0.2, 0) is 17.8 Å². The molecule has 0 bridgehead atoms. The van der Waals surface area contributed by atoms with E-state index in [0.717, 1.165) is 22.2 Å². The zero-order valence-corrected chi connectivity index (χ0v) is 14.7. The van der Waals surface area contributed by atoms with Gasteiger partial charge in [0.2, 0.25) is 5.91 Å². The first-order valence-electron chi connectivity index (χ1n) is 8.18. The van der Waals surface area contributed by atoms with Crippen LogP contribution >= 0.6 is 0 Å². The predicted molar refractivity (Wildman–Crippen MR) is 99.7 cm³/mol. The maximum atomic E-state index is 12.2. The van der Waals surface area contributed by atoms with Crippen molar-refractivity contribution in [3.05, 3.63) is 70.0 Å². The van der Waals surface area contributed by atoms with E-state index < -0.39 is 0 Å². The first-order valence-corrected chi connectivity index (χ1v) is 8.18. The van der Waals surface area contributed by atoms with E-state index in [4.69, 9.17) is 9.47 Å². The lowest BCUT2D eigenvalue weighted by Gasteiger charge is -2.08. The Morgan fingerprint density at radius 1 is 1.00 bits per heavy atom. The van der Waals surface area contributed by atoms with Gasteiger partial charge in [-0.1, -0.05) is 12.1 Å². The molecule has 0 saturated carbocycles. The molecule has 0 atom stereocenters. The topological polar surface area (TPSA) is 80.4 Å². The van der Waals surface area contributed by atoms with Crippen molar-refractivity contribution in [3.63, 3.8) is 0 Å². The fourth-order valence-electron chi connectivity index (χ4n) is 2.67. The fourth-order valence-corrected chi connectivity index (χ4v) is 2.67. The summed E-state index contributed by atoms with van der Waals surface area (Å²) in [7, 11) is 3.19. The summed E-state index contributed by atoms with van der Waals surface area (Å²) in [5, 5.41) is 3.64. The number of aromatic amines is 1. The van der Waals surface area contributed by atoms with Crippen molar-refractivity contribution < 1.29 is 14.3 Å². The Bertz CT molecular complexity index is 977. The third kappa shape index (κ3) is 4.03. The van der Waals surface area contributed by atoms with Gasteiger partial charge in [-0.05, 0) is 42.0 Å². The van der Waals surface area contributed by atoms with Crippen molar-refractivity contribution in [2.24, 2.45) is 0 Å². The normalized spacial score (nSPS) is 10.5. The lowest BCUT2D eigenvalue weighted by Crippen LogP contribution is -2.27. The van der Waals surface area contributed by atoms with Gasteiger partial charge < -0.3 is 19.8 Å². The highest BCUT2D eigenvalue weighted by atomic mass is 16.5. The third-order valence-electron chi connectivity index (χ3n) is 4.13. The van der Waals surface area contributed by atoms with Crippen LogP contribution < -0.4 is 20.3 Å². The van der Waals surface area contributed by atoms with Crippen LogP contribution in [0.15, 0.2) is 53.3 Å². The fraction of sp³-hybridized carbons (Fsp3) is 0.200. The molecule has 2 aromatic carbocycles. The first-order chi connectivity index (χ1) is 12.6. The largest absolute Gasteiger partial charge is 0.497 e. The minimum Gasteiger partial charge on any atom is -0.497 e. The molecule has 0 radical (unpaired) electrons. The molecule has 0 fully saturated rings. The smallest absolute Gasteiger partial charge is 0.253 e. The molecule has 0 spiro atoms. The first kappa shape index (κ1) is 17.5. The van der Waals surface area contributed by atoms with E-state index in [1.54, 1.807) is 32.4 Å². The van der Waals surface area contributed by atoms with Crippen LogP contribution in [0.25, 0.3) is 10.9 Å². The summed E-state index contributed by atoms with van der Waals surface area (Å²) in [5.41, 5.74) is 1.88. The molecule has 3 rings (SSSR count). The molecule has 0 unspecified atom stereocenters. The highest BCUT2D eigenvalue weighted by Crippen LogP contribution is 2.18. The van der Waals surface area contributed by atoms with E-state index in [0.29, 0.717) is 11.3 Å². The molecule has 0 aliphatic heterocycles. The van der Waals surface area contributed by atoms with E-state index in [2.05, 4.69) is 10.3 Å². The molecule has 26 heavy (non-hydrogen) atoms. The lowest BCUT2D eigenvalue weighted by molar-refractivity contribution is -0.120. The molecule has 134 valence electrons. The second-order valence-electron chi connectivity index (χ2n) is 5.88. The van der Waals surface area contributed by atoms with Gasteiger partial charge in [-0.15, -0.1) is 0 Å². The van der Waals surface area contributed by atoms with Gasteiger partial charge in [0, 0.05) is 23.0 Å². The molecule has 1 heterocycles. The predicted octanol–water partition coefficient (Wildman–Crippen LogP) is 2.40. The summed E-state index contributed by atoms with van der Waals surface area (Å²) >= 11 is 0. The molecule has 6 heteroatoms. The number of fused-ring (bicyclic) bond motifs is 1. The zero-order valence-electron chi connectivity index (χ0n) is 14.7. The number of aromatic nitrogens is 1. The van der Waals surface area contributed by atoms with Crippen LogP contribution in [0, 0.1) is 0 Å². The van der Waals surface area contributed by atoms with Crippen LogP contribution in [0.2, 0.25) is 0 Å². The van der Waals surface area contributed by atoms with Gasteiger partial charge in [-0.25, -0.2) is 0 Å². The number of hydrogen-bond acceptors (Lipinski definition) is 4. The summed E-state index contributed by atoms with van der Waals surface area (Å²) in [4.78, 5) is 27.1. The Kier molecular flexibility index (Phi) is 5.22. The molecule has 0 aliphatic rings. The standard InChI is InChI=1S/C20H20N2O4/c1-25-16-5-3-13(4-6-16)9-19(23)21-12-15-10-14-11-17(26-2)7-8-18(14)22-20(15)24/h3-8,10-11H,9,12H2,1-2H3,(H,21,23)(H,22,24). The number of pyridine rings is 1. The monoisotopic (exact) mass is 352 g/mol. The molecule has 0 aliphatic carbocycles. The van der Waals surface area contributed by atoms with Gasteiger partial charge in [-0.2, -0.15) is 0 Å². The number of H-pyrrole nitrogens is 1. The van der Waals surface area contributed by atoms with E-state index in [9.17, 15) is 9.59 Å². The number of rotatable bonds is 6. The van der Waals surface area contributed by atoms with Gasteiger partial charge in [0.1, 0.15) is 11.5 Å². The average molecular weight is 352 g/mol. The number of nitrogens with one attached hydrogen (secondary N) is 2. The van der Waals surface area contributed by atoms with Gasteiger partial charge in [0.25, 0.3) is 5.56 Å². The summed E-state index contributed by atoms with van der Waals surface area (Å²) in [6.07, 6.45) is 0.239. The van der Waals surface area contributed by atoms with Crippen LogP contribution in [0.4, 0.5) is 0 Å². The maximum Gasteiger partial charge on any atom is 0.253 e. The Morgan fingerprint density at radius 3 is 2.38 bits per heavy atom. The van der Waals surface area contributed by atoms with Crippen LogP contribution in [0.3, 0.4) is 0 Å². The maximum absolute atomic E-state index is 12.2. The van der Waals surface area contributed by atoms with Crippen molar-refractivity contribution in [2.45, 2.75) is 13.0 Å². The number of amides is 1. The van der Waals surface area contributed by atoms with Crippen molar-refractivity contribution in [2.75, 3.05) is 14.2 Å². The van der Waals surface area contributed by atoms with Gasteiger partial charge in [0.15, 0.2) is 0 Å². The SMILES string of the molecule is COc1ccc(CC(=O)NCc2cc3cc(OC)ccc3[nH]c2=O)cc1. The second-order valence-corrected chi connectivity index (χ2v) is 5.88. The van der Waals surface area contributed by atoms with E-state index in [1.807, 2.05) is 30.3 Å². The Hall–Kier alpha value is -3.28. The molecule has 2 N–H and O–H groups in total. The Labute approximate surface area is 150 Å².